The molecule has 0 aliphatic carbocycles. The smallest absolute Gasteiger partial charge is 0.404 e. The molecule has 0 aliphatic heterocycles. The van der Waals surface area contributed by atoms with E-state index in [2.05, 4.69) is 14.7 Å². The standard InChI is InChI=1S/C13H6Cl2F3N3O/c14-8-5-7(1-3-10(8)22-13(16,17)18)21-6-19-9-2-4-11(15)20-12(9)21/h1-6H. The Labute approximate surface area is 132 Å². The van der Waals surface area contributed by atoms with Crippen molar-refractivity contribution in [1.82, 2.24) is 14.5 Å². The van der Waals surface area contributed by atoms with Gasteiger partial charge in [-0.05, 0) is 30.3 Å². The number of nitrogens with zero attached hydrogens (tertiary/aromatic N) is 3. The zero-order chi connectivity index (χ0) is 15.9. The summed E-state index contributed by atoms with van der Waals surface area (Å²) in [6.07, 6.45) is -3.33. The molecule has 0 bridgehead atoms. The summed E-state index contributed by atoms with van der Waals surface area (Å²) in [7, 11) is 0. The highest BCUT2D eigenvalue weighted by Gasteiger charge is 2.32. The van der Waals surface area contributed by atoms with E-state index in [0.717, 1.165) is 6.07 Å². The molecule has 0 aliphatic rings. The predicted molar refractivity (Wildman–Crippen MR) is 75.6 cm³/mol. The average Bonchev–Trinajstić information content (AvgIpc) is 2.82. The number of pyridine rings is 1. The van der Waals surface area contributed by atoms with Crippen LogP contribution < -0.4 is 4.74 Å². The molecular formula is C13H6Cl2F3N3O. The number of hydrogen-bond acceptors (Lipinski definition) is 3. The predicted octanol–water partition coefficient (Wildman–Crippen LogP) is 4.63. The molecule has 1 aromatic carbocycles. The molecule has 114 valence electrons. The van der Waals surface area contributed by atoms with Crippen LogP contribution in [-0.2, 0) is 0 Å². The molecular weight excluding hydrogens is 342 g/mol. The van der Waals surface area contributed by atoms with E-state index in [1.54, 1.807) is 16.7 Å². The van der Waals surface area contributed by atoms with E-state index in [-0.39, 0.29) is 10.2 Å². The lowest BCUT2D eigenvalue weighted by atomic mass is 10.3. The molecule has 2 aromatic heterocycles. The fraction of sp³-hybridized carbons (Fsp3) is 0.0769. The Morgan fingerprint density at radius 2 is 1.86 bits per heavy atom. The van der Waals surface area contributed by atoms with Crippen LogP contribution in [0.25, 0.3) is 16.9 Å². The molecule has 9 heteroatoms. The highest BCUT2D eigenvalue weighted by molar-refractivity contribution is 6.32. The molecule has 0 unspecified atom stereocenters. The van der Waals surface area contributed by atoms with Crippen molar-refractivity contribution in [3.8, 4) is 11.4 Å². The fourth-order valence-corrected chi connectivity index (χ4v) is 2.26. The number of hydrogen-bond donors (Lipinski definition) is 0. The van der Waals surface area contributed by atoms with Crippen LogP contribution in [0, 0.1) is 0 Å². The van der Waals surface area contributed by atoms with E-state index >= 15 is 0 Å². The van der Waals surface area contributed by atoms with Gasteiger partial charge in [-0.2, -0.15) is 0 Å². The summed E-state index contributed by atoms with van der Waals surface area (Å²) in [6.45, 7) is 0. The van der Waals surface area contributed by atoms with Crippen LogP contribution in [0.15, 0.2) is 36.7 Å². The molecule has 0 spiro atoms. The number of benzene rings is 1. The summed E-state index contributed by atoms with van der Waals surface area (Å²) in [5, 5.41) is 0.0936. The molecule has 0 amide bonds. The highest BCUT2D eigenvalue weighted by Crippen LogP contribution is 2.32. The lowest BCUT2D eigenvalue weighted by molar-refractivity contribution is -0.274. The maximum Gasteiger partial charge on any atom is 0.573 e. The lowest BCUT2D eigenvalue weighted by Gasteiger charge is -2.11. The number of fused-ring (bicyclic) bond motifs is 1. The van der Waals surface area contributed by atoms with Gasteiger partial charge in [-0.1, -0.05) is 23.2 Å². The lowest BCUT2D eigenvalue weighted by Crippen LogP contribution is -2.17. The molecule has 0 saturated carbocycles. The quantitative estimate of drug-likeness (QED) is 0.634. The zero-order valence-corrected chi connectivity index (χ0v) is 12.1. The van der Waals surface area contributed by atoms with E-state index in [1.165, 1.54) is 18.5 Å². The first-order valence-electron chi connectivity index (χ1n) is 5.89. The second-order valence-corrected chi connectivity index (χ2v) is 5.05. The van der Waals surface area contributed by atoms with Gasteiger partial charge in [-0.3, -0.25) is 4.57 Å². The van der Waals surface area contributed by atoms with Gasteiger partial charge in [0.05, 0.1) is 10.7 Å². The maximum absolute atomic E-state index is 12.2. The van der Waals surface area contributed by atoms with E-state index < -0.39 is 12.1 Å². The molecule has 0 fully saturated rings. The van der Waals surface area contributed by atoms with Crippen molar-refractivity contribution in [3.63, 3.8) is 0 Å². The summed E-state index contributed by atoms with van der Waals surface area (Å²) in [4.78, 5) is 8.27. The minimum Gasteiger partial charge on any atom is -0.404 e. The third-order valence-electron chi connectivity index (χ3n) is 2.78. The van der Waals surface area contributed by atoms with Crippen LogP contribution in [-0.4, -0.2) is 20.9 Å². The topological polar surface area (TPSA) is 39.9 Å². The van der Waals surface area contributed by atoms with Crippen molar-refractivity contribution in [1.29, 1.82) is 0 Å². The number of rotatable bonds is 2. The zero-order valence-electron chi connectivity index (χ0n) is 10.6. The van der Waals surface area contributed by atoms with Crippen molar-refractivity contribution < 1.29 is 17.9 Å². The van der Waals surface area contributed by atoms with Crippen LogP contribution in [0.5, 0.6) is 5.75 Å². The summed E-state index contributed by atoms with van der Waals surface area (Å²) in [5.41, 5.74) is 1.54. The number of halogens is 5. The van der Waals surface area contributed by atoms with Gasteiger partial charge < -0.3 is 4.74 Å². The first-order chi connectivity index (χ1) is 10.3. The number of imidazole rings is 1. The van der Waals surface area contributed by atoms with E-state index in [0.29, 0.717) is 16.9 Å². The minimum absolute atomic E-state index is 0.182. The largest absolute Gasteiger partial charge is 0.573 e. The number of aromatic nitrogens is 3. The van der Waals surface area contributed by atoms with Gasteiger partial charge in [0, 0.05) is 0 Å². The molecule has 3 aromatic rings. The molecule has 4 nitrogen and oxygen atoms in total. The third-order valence-corrected chi connectivity index (χ3v) is 3.29. The fourth-order valence-electron chi connectivity index (χ4n) is 1.91. The Bertz CT molecular complexity index is 848. The summed E-state index contributed by atoms with van der Waals surface area (Å²) >= 11 is 11.7. The van der Waals surface area contributed by atoms with Crippen molar-refractivity contribution in [2.75, 3.05) is 0 Å². The minimum atomic E-state index is -4.80. The summed E-state index contributed by atoms with van der Waals surface area (Å²) in [6, 6.07) is 7.14. The Kier molecular flexibility index (Phi) is 3.62. The van der Waals surface area contributed by atoms with Gasteiger partial charge in [-0.15, -0.1) is 13.2 Å². The normalized spacial score (nSPS) is 11.9. The Balaban J connectivity index is 2.04. The molecule has 0 radical (unpaired) electrons. The van der Waals surface area contributed by atoms with Gasteiger partial charge in [0.2, 0.25) is 0 Å². The van der Waals surface area contributed by atoms with Crippen molar-refractivity contribution in [2.45, 2.75) is 6.36 Å². The molecule has 0 N–H and O–H groups in total. The van der Waals surface area contributed by atoms with Crippen LogP contribution in [0.1, 0.15) is 0 Å². The van der Waals surface area contributed by atoms with Crippen LogP contribution >= 0.6 is 23.2 Å². The van der Waals surface area contributed by atoms with Crippen molar-refractivity contribution in [2.24, 2.45) is 0 Å². The van der Waals surface area contributed by atoms with Crippen LogP contribution in [0.3, 0.4) is 0 Å². The molecule has 2 heterocycles. The highest BCUT2D eigenvalue weighted by atomic mass is 35.5. The second-order valence-electron chi connectivity index (χ2n) is 4.25. The monoisotopic (exact) mass is 347 g/mol. The van der Waals surface area contributed by atoms with E-state index in [9.17, 15) is 13.2 Å². The van der Waals surface area contributed by atoms with Gasteiger partial charge >= 0.3 is 6.36 Å². The van der Waals surface area contributed by atoms with E-state index in [4.69, 9.17) is 23.2 Å². The van der Waals surface area contributed by atoms with Gasteiger partial charge in [-0.25, -0.2) is 9.97 Å². The number of ether oxygens (including phenoxy) is 1. The van der Waals surface area contributed by atoms with Gasteiger partial charge in [0.25, 0.3) is 0 Å². The summed E-state index contributed by atoms with van der Waals surface area (Å²) in [5.74, 6) is -0.478. The van der Waals surface area contributed by atoms with Crippen molar-refractivity contribution >= 4 is 34.4 Å². The molecule has 22 heavy (non-hydrogen) atoms. The first-order valence-corrected chi connectivity index (χ1v) is 6.64. The van der Waals surface area contributed by atoms with Gasteiger partial charge in [0.1, 0.15) is 22.7 Å². The molecule has 0 saturated heterocycles. The molecule has 0 atom stereocenters. The second kappa shape index (κ2) is 5.33. The summed E-state index contributed by atoms with van der Waals surface area (Å²) < 4.78 is 42.1. The number of alkyl halides is 3. The van der Waals surface area contributed by atoms with Crippen LogP contribution in [0.4, 0.5) is 13.2 Å². The van der Waals surface area contributed by atoms with Gasteiger partial charge in [0.15, 0.2) is 5.65 Å². The van der Waals surface area contributed by atoms with E-state index in [1.807, 2.05) is 0 Å². The SMILES string of the molecule is FC(F)(F)Oc1ccc(-n2cnc3ccc(Cl)nc32)cc1Cl. The molecule has 3 rings (SSSR count). The Hall–Kier alpha value is -1.99. The Morgan fingerprint density at radius 1 is 1.09 bits per heavy atom. The average molecular weight is 348 g/mol. The van der Waals surface area contributed by atoms with Crippen molar-refractivity contribution in [3.05, 3.63) is 46.8 Å². The Morgan fingerprint density at radius 3 is 2.55 bits per heavy atom. The maximum atomic E-state index is 12.2. The first kappa shape index (κ1) is 14.9. The third kappa shape index (κ3) is 2.95. The van der Waals surface area contributed by atoms with Crippen LogP contribution in [0.2, 0.25) is 10.2 Å².